The fraction of sp³-hybridized carbons (Fsp3) is 0.429. The maximum Gasteiger partial charge on any atom is 0.0900 e. The SMILES string of the molecule is Cc1nc(C)c(C(C)NCc2ccnc(CN)c2)s1. The van der Waals surface area contributed by atoms with Gasteiger partial charge >= 0.3 is 0 Å². The molecule has 0 aromatic carbocycles. The van der Waals surface area contributed by atoms with Gasteiger partial charge in [-0.05, 0) is 38.5 Å². The van der Waals surface area contributed by atoms with Crippen molar-refractivity contribution in [3.05, 3.63) is 45.2 Å². The molecule has 4 nitrogen and oxygen atoms in total. The maximum absolute atomic E-state index is 5.60. The summed E-state index contributed by atoms with van der Waals surface area (Å²) in [6.07, 6.45) is 1.81. The van der Waals surface area contributed by atoms with Gasteiger partial charge < -0.3 is 11.1 Å². The molecule has 0 saturated carbocycles. The molecular weight excluding hydrogens is 256 g/mol. The third-order valence-corrected chi connectivity index (χ3v) is 4.29. The van der Waals surface area contributed by atoms with Crippen molar-refractivity contribution >= 4 is 11.3 Å². The molecule has 0 aliphatic heterocycles. The number of nitrogens with two attached hydrogens (primary N) is 1. The van der Waals surface area contributed by atoms with E-state index in [0.29, 0.717) is 12.6 Å². The van der Waals surface area contributed by atoms with Crippen molar-refractivity contribution in [2.24, 2.45) is 5.73 Å². The molecule has 0 spiro atoms. The number of aryl methyl sites for hydroxylation is 2. The Hall–Kier alpha value is -1.30. The van der Waals surface area contributed by atoms with E-state index in [9.17, 15) is 0 Å². The molecule has 2 heterocycles. The number of pyridine rings is 1. The Morgan fingerprint density at radius 1 is 1.42 bits per heavy atom. The molecule has 0 aliphatic rings. The largest absolute Gasteiger partial charge is 0.325 e. The lowest BCUT2D eigenvalue weighted by molar-refractivity contribution is 0.578. The van der Waals surface area contributed by atoms with Crippen LogP contribution in [0.5, 0.6) is 0 Å². The van der Waals surface area contributed by atoms with E-state index in [0.717, 1.165) is 22.9 Å². The summed E-state index contributed by atoms with van der Waals surface area (Å²) in [5.41, 5.74) is 8.86. The summed E-state index contributed by atoms with van der Waals surface area (Å²) in [7, 11) is 0. The summed E-state index contributed by atoms with van der Waals surface area (Å²) in [5.74, 6) is 0. The maximum atomic E-state index is 5.60. The van der Waals surface area contributed by atoms with Gasteiger partial charge in [0, 0.05) is 30.2 Å². The topological polar surface area (TPSA) is 63.8 Å². The third kappa shape index (κ3) is 3.59. The first kappa shape index (κ1) is 14.1. The summed E-state index contributed by atoms with van der Waals surface area (Å²) in [6.45, 7) is 7.58. The minimum absolute atomic E-state index is 0.306. The molecular formula is C14H20N4S. The first-order valence-electron chi connectivity index (χ1n) is 6.41. The molecule has 2 rings (SSSR count). The number of rotatable bonds is 5. The van der Waals surface area contributed by atoms with Gasteiger partial charge in [-0.25, -0.2) is 4.98 Å². The fourth-order valence-corrected chi connectivity index (χ4v) is 3.02. The Morgan fingerprint density at radius 2 is 2.21 bits per heavy atom. The molecule has 0 amide bonds. The van der Waals surface area contributed by atoms with Gasteiger partial charge in [-0.15, -0.1) is 11.3 Å². The van der Waals surface area contributed by atoms with E-state index in [1.807, 2.05) is 25.3 Å². The molecule has 0 fully saturated rings. The quantitative estimate of drug-likeness (QED) is 0.880. The van der Waals surface area contributed by atoms with Crippen molar-refractivity contribution in [2.75, 3.05) is 0 Å². The van der Waals surface area contributed by atoms with Crippen LogP contribution >= 0.6 is 11.3 Å². The fourth-order valence-electron chi connectivity index (χ4n) is 2.06. The summed E-state index contributed by atoms with van der Waals surface area (Å²) >= 11 is 1.76. The van der Waals surface area contributed by atoms with Crippen molar-refractivity contribution in [2.45, 2.75) is 39.9 Å². The van der Waals surface area contributed by atoms with Crippen LogP contribution in [0.25, 0.3) is 0 Å². The molecule has 0 saturated heterocycles. The highest BCUT2D eigenvalue weighted by molar-refractivity contribution is 7.11. The molecule has 1 atom stereocenters. The monoisotopic (exact) mass is 276 g/mol. The Morgan fingerprint density at radius 3 is 2.84 bits per heavy atom. The number of hydrogen-bond acceptors (Lipinski definition) is 5. The molecule has 1 unspecified atom stereocenters. The molecule has 2 aromatic heterocycles. The number of nitrogens with zero attached hydrogens (tertiary/aromatic N) is 2. The van der Waals surface area contributed by atoms with Gasteiger partial charge in [-0.1, -0.05) is 0 Å². The highest BCUT2D eigenvalue weighted by Gasteiger charge is 2.12. The van der Waals surface area contributed by atoms with Gasteiger partial charge in [0.15, 0.2) is 0 Å². The number of thiazole rings is 1. The molecule has 5 heteroatoms. The van der Waals surface area contributed by atoms with Gasteiger partial charge in [0.1, 0.15) is 0 Å². The molecule has 0 bridgehead atoms. The minimum atomic E-state index is 0.306. The first-order valence-corrected chi connectivity index (χ1v) is 7.23. The van der Waals surface area contributed by atoms with E-state index in [2.05, 4.69) is 29.1 Å². The van der Waals surface area contributed by atoms with Crippen LogP contribution in [0.3, 0.4) is 0 Å². The van der Waals surface area contributed by atoms with Crippen LogP contribution in [-0.2, 0) is 13.1 Å². The van der Waals surface area contributed by atoms with E-state index in [1.165, 1.54) is 10.4 Å². The second-order valence-corrected chi connectivity index (χ2v) is 5.88. The zero-order chi connectivity index (χ0) is 13.8. The lowest BCUT2D eigenvalue weighted by Crippen LogP contribution is -2.18. The van der Waals surface area contributed by atoms with Crippen LogP contribution < -0.4 is 11.1 Å². The predicted octanol–water partition coefficient (Wildman–Crippen LogP) is 2.46. The Kier molecular flexibility index (Phi) is 4.63. The smallest absolute Gasteiger partial charge is 0.0900 e. The third-order valence-electron chi connectivity index (χ3n) is 3.04. The number of aromatic nitrogens is 2. The Balaban J connectivity index is 2.00. The van der Waals surface area contributed by atoms with E-state index in [1.54, 1.807) is 11.3 Å². The van der Waals surface area contributed by atoms with Crippen LogP contribution in [0.2, 0.25) is 0 Å². The second kappa shape index (κ2) is 6.23. The van der Waals surface area contributed by atoms with Crippen LogP contribution in [0.1, 0.15) is 39.8 Å². The first-order chi connectivity index (χ1) is 9.10. The normalized spacial score (nSPS) is 12.6. The van der Waals surface area contributed by atoms with Gasteiger partial charge in [0.25, 0.3) is 0 Å². The molecule has 2 aromatic rings. The van der Waals surface area contributed by atoms with Crippen molar-refractivity contribution in [3.63, 3.8) is 0 Å². The molecule has 0 aliphatic carbocycles. The second-order valence-electron chi connectivity index (χ2n) is 4.64. The van der Waals surface area contributed by atoms with Crippen molar-refractivity contribution in [1.82, 2.24) is 15.3 Å². The lowest BCUT2D eigenvalue weighted by atomic mass is 10.2. The minimum Gasteiger partial charge on any atom is -0.325 e. The van der Waals surface area contributed by atoms with Crippen LogP contribution in [0.4, 0.5) is 0 Å². The van der Waals surface area contributed by atoms with E-state index < -0.39 is 0 Å². The van der Waals surface area contributed by atoms with Gasteiger partial charge in [-0.2, -0.15) is 0 Å². The van der Waals surface area contributed by atoms with Crippen molar-refractivity contribution in [1.29, 1.82) is 0 Å². The van der Waals surface area contributed by atoms with Gasteiger partial charge in [-0.3, -0.25) is 4.98 Å². The molecule has 0 radical (unpaired) electrons. The molecule has 19 heavy (non-hydrogen) atoms. The highest BCUT2D eigenvalue weighted by atomic mass is 32.1. The van der Waals surface area contributed by atoms with Gasteiger partial charge in [0.05, 0.1) is 16.4 Å². The van der Waals surface area contributed by atoms with Crippen LogP contribution in [0, 0.1) is 13.8 Å². The summed E-state index contributed by atoms with van der Waals surface area (Å²) in [6, 6.07) is 4.37. The number of hydrogen-bond donors (Lipinski definition) is 2. The zero-order valence-corrected chi connectivity index (χ0v) is 12.4. The van der Waals surface area contributed by atoms with E-state index in [4.69, 9.17) is 5.73 Å². The summed E-state index contributed by atoms with van der Waals surface area (Å²) < 4.78 is 0. The van der Waals surface area contributed by atoms with Crippen molar-refractivity contribution in [3.8, 4) is 0 Å². The zero-order valence-electron chi connectivity index (χ0n) is 11.6. The lowest BCUT2D eigenvalue weighted by Gasteiger charge is -2.13. The number of nitrogens with one attached hydrogen (secondary N) is 1. The van der Waals surface area contributed by atoms with Gasteiger partial charge in [0.2, 0.25) is 0 Å². The van der Waals surface area contributed by atoms with Crippen LogP contribution in [-0.4, -0.2) is 9.97 Å². The Bertz CT molecular complexity index is 550. The standard InChI is InChI=1S/C14H20N4S/c1-9(14-10(2)18-11(3)19-14)17-8-12-4-5-16-13(6-12)7-15/h4-6,9,17H,7-8,15H2,1-3H3. The predicted molar refractivity (Wildman–Crippen MR) is 79.0 cm³/mol. The molecule has 102 valence electrons. The average molecular weight is 276 g/mol. The highest BCUT2D eigenvalue weighted by Crippen LogP contribution is 2.24. The van der Waals surface area contributed by atoms with E-state index >= 15 is 0 Å². The van der Waals surface area contributed by atoms with E-state index in [-0.39, 0.29) is 0 Å². The summed E-state index contributed by atoms with van der Waals surface area (Å²) in [5, 5.41) is 4.64. The Labute approximate surface area is 118 Å². The average Bonchev–Trinajstić information content (AvgIpc) is 2.75. The summed E-state index contributed by atoms with van der Waals surface area (Å²) in [4.78, 5) is 9.98. The molecule has 3 N–H and O–H groups in total. The van der Waals surface area contributed by atoms with Crippen molar-refractivity contribution < 1.29 is 0 Å². The van der Waals surface area contributed by atoms with Crippen LogP contribution in [0.15, 0.2) is 18.3 Å².